The van der Waals surface area contributed by atoms with E-state index in [2.05, 4.69) is 6.58 Å². The molecule has 1 fully saturated rings. The third-order valence-electron chi connectivity index (χ3n) is 2.90. The second-order valence-corrected chi connectivity index (χ2v) is 4.14. The van der Waals surface area contributed by atoms with Crippen LogP contribution in [0.1, 0.15) is 45.4 Å². The smallest absolute Gasteiger partial charge is 0.126 e. The SMILES string of the molecule is C=C(C)CCC1(C=O)CCCC1. The van der Waals surface area contributed by atoms with Gasteiger partial charge in [-0.3, -0.25) is 0 Å². The van der Waals surface area contributed by atoms with Gasteiger partial charge in [0.15, 0.2) is 0 Å². The summed E-state index contributed by atoms with van der Waals surface area (Å²) in [6.07, 6.45) is 7.88. The van der Waals surface area contributed by atoms with Crippen molar-refractivity contribution in [2.75, 3.05) is 0 Å². The molecule has 0 heterocycles. The number of aldehydes is 1. The monoisotopic (exact) mass is 166 g/mol. The summed E-state index contributed by atoms with van der Waals surface area (Å²) in [5.41, 5.74) is 1.22. The van der Waals surface area contributed by atoms with Gasteiger partial charge in [0.1, 0.15) is 6.29 Å². The van der Waals surface area contributed by atoms with Gasteiger partial charge in [-0.1, -0.05) is 18.4 Å². The predicted octanol–water partition coefficient (Wildman–Crippen LogP) is 3.10. The molecule has 0 radical (unpaired) electrons. The second-order valence-electron chi connectivity index (χ2n) is 4.14. The van der Waals surface area contributed by atoms with Crippen molar-refractivity contribution >= 4 is 6.29 Å². The summed E-state index contributed by atoms with van der Waals surface area (Å²) < 4.78 is 0. The lowest BCUT2D eigenvalue weighted by atomic mass is 9.82. The maximum atomic E-state index is 10.9. The van der Waals surface area contributed by atoms with Gasteiger partial charge < -0.3 is 4.79 Å². The molecule has 1 aliphatic carbocycles. The minimum Gasteiger partial charge on any atom is -0.303 e. The van der Waals surface area contributed by atoms with Crippen molar-refractivity contribution in [3.63, 3.8) is 0 Å². The Morgan fingerprint density at radius 2 is 2.08 bits per heavy atom. The molecule has 0 spiro atoms. The van der Waals surface area contributed by atoms with Gasteiger partial charge in [-0.25, -0.2) is 0 Å². The molecule has 1 aliphatic rings. The quantitative estimate of drug-likeness (QED) is 0.463. The Labute approximate surface area is 74.9 Å². The summed E-state index contributed by atoms with van der Waals surface area (Å²) in [4.78, 5) is 10.9. The summed E-state index contributed by atoms with van der Waals surface area (Å²) in [6.45, 7) is 5.90. The molecule has 1 nitrogen and oxygen atoms in total. The van der Waals surface area contributed by atoms with Gasteiger partial charge in [0, 0.05) is 5.41 Å². The first kappa shape index (κ1) is 9.50. The number of hydrogen-bond acceptors (Lipinski definition) is 1. The van der Waals surface area contributed by atoms with E-state index in [4.69, 9.17) is 0 Å². The van der Waals surface area contributed by atoms with E-state index >= 15 is 0 Å². The van der Waals surface area contributed by atoms with Crippen molar-refractivity contribution in [3.05, 3.63) is 12.2 Å². The van der Waals surface area contributed by atoms with Gasteiger partial charge in [-0.05, 0) is 32.6 Å². The molecule has 1 saturated carbocycles. The fourth-order valence-corrected chi connectivity index (χ4v) is 1.97. The summed E-state index contributed by atoms with van der Waals surface area (Å²) >= 11 is 0. The zero-order valence-electron chi connectivity index (χ0n) is 7.94. The molecular weight excluding hydrogens is 148 g/mol. The average Bonchev–Trinajstić information content (AvgIpc) is 2.50. The minimum absolute atomic E-state index is 0.0267. The van der Waals surface area contributed by atoms with Crippen molar-refractivity contribution in [1.82, 2.24) is 0 Å². The first-order valence-corrected chi connectivity index (χ1v) is 4.79. The third kappa shape index (κ3) is 2.20. The van der Waals surface area contributed by atoms with Gasteiger partial charge in [0.05, 0.1) is 0 Å². The highest BCUT2D eigenvalue weighted by molar-refractivity contribution is 5.59. The van der Waals surface area contributed by atoms with E-state index in [1.54, 1.807) is 0 Å². The van der Waals surface area contributed by atoms with Gasteiger partial charge in [0.25, 0.3) is 0 Å². The van der Waals surface area contributed by atoms with E-state index in [1.807, 2.05) is 6.92 Å². The van der Waals surface area contributed by atoms with Crippen molar-refractivity contribution < 1.29 is 4.79 Å². The van der Waals surface area contributed by atoms with E-state index in [0.29, 0.717) is 0 Å². The van der Waals surface area contributed by atoms with Crippen LogP contribution >= 0.6 is 0 Å². The zero-order valence-corrected chi connectivity index (χ0v) is 7.94. The highest BCUT2D eigenvalue weighted by Crippen LogP contribution is 2.40. The first-order valence-electron chi connectivity index (χ1n) is 4.79. The second kappa shape index (κ2) is 3.88. The summed E-state index contributed by atoms with van der Waals surface area (Å²) in [5, 5.41) is 0. The predicted molar refractivity (Wildman–Crippen MR) is 51.0 cm³/mol. The molecule has 0 saturated heterocycles. The molecule has 12 heavy (non-hydrogen) atoms. The molecule has 0 aromatic heterocycles. The van der Waals surface area contributed by atoms with Crippen molar-refractivity contribution in [2.45, 2.75) is 45.4 Å². The van der Waals surface area contributed by atoms with Crippen LogP contribution in [-0.2, 0) is 4.79 Å². The number of carbonyl (C=O) groups is 1. The fraction of sp³-hybridized carbons (Fsp3) is 0.727. The Bertz CT molecular complexity index is 175. The van der Waals surface area contributed by atoms with Crippen LogP contribution in [0.3, 0.4) is 0 Å². The molecular formula is C11H18O. The van der Waals surface area contributed by atoms with E-state index in [-0.39, 0.29) is 5.41 Å². The highest BCUT2D eigenvalue weighted by Gasteiger charge is 2.32. The topological polar surface area (TPSA) is 17.1 Å². The molecule has 0 aromatic rings. The van der Waals surface area contributed by atoms with Crippen LogP contribution in [0.5, 0.6) is 0 Å². The average molecular weight is 166 g/mol. The molecule has 68 valence electrons. The lowest BCUT2D eigenvalue weighted by molar-refractivity contribution is -0.116. The Morgan fingerprint density at radius 3 is 2.50 bits per heavy atom. The van der Waals surface area contributed by atoms with Gasteiger partial charge in [0.2, 0.25) is 0 Å². The number of carbonyl (C=O) groups excluding carboxylic acids is 1. The molecule has 0 bridgehead atoms. The standard InChI is InChI=1S/C11H18O/c1-10(2)5-8-11(9-12)6-3-4-7-11/h9H,1,3-8H2,2H3. The fourth-order valence-electron chi connectivity index (χ4n) is 1.97. The molecule has 0 unspecified atom stereocenters. The van der Waals surface area contributed by atoms with Crippen LogP contribution in [0, 0.1) is 5.41 Å². The molecule has 0 atom stereocenters. The van der Waals surface area contributed by atoms with Gasteiger partial charge in [-0.2, -0.15) is 0 Å². The third-order valence-corrected chi connectivity index (χ3v) is 2.90. The maximum Gasteiger partial charge on any atom is 0.126 e. The number of allylic oxidation sites excluding steroid dienone is 1. The molecule has 0 amide bonds. The normalized spacial score (nSPS) is 20.8. The van der Waals surface area contributed by atoms with Crippen molar-refractivity contribution in [1.29, 1.82) is 0 Å². The maximum absolute atomic E-state index is 10.9. The van der Waals surface area contributed by atoms with E-state index < -0.39 is 0 Å². The Hall–Kier alpha value is -0.590. The number of hydrogen-bond donors (Lipinski definition) is 0. The number of rotatable bonds is 4. The first-order chi connectivity index (χ1) is 5.68. The van der Waals surface area contributed by atoms with Crippen LogP contribution in [0.4, 0.5) is 0 Å². The Kier molecular flexibility index (Phi) is 3.07. The summed E-state index contributed by atoms with van der Waals surface area (Å²) in [5.74, 6) is 0. The van der Waals surface area contributed by atoms with Crippen molar-refractivity contribution in [2.24, 2.45) is 5.41 Å². The highest BCUT2D eigenvalue weighted by atomic mass is 16.1. The lowest BCUT2D eigenvalue weighted by Gasteiger charge is -2.21. The van der Waals surface area contributed by atoms with Gasteiger partial charge >= 0.3 is 0 Å². The molecule has 0 aliphatic heterocycles. The summed E-state index contributed by atoms with van der Waals surface area (Å²) in [6, 6.07) is 0. The van der Waals surface area contributed by atoms with Crippen LogP contribution in [0.15, 0.2) is 12.2 Å². The van der Waals surface area contributed by atoms with E-state index in [1.165, 1.54) is 24.7 Å². The Morgan fingerprint density at radius 1 is 1.50 bits per heavy atom. The van der Waals surface area contributed by atoms with E-state index in [0.717, 1.165) is 25.7 Å². The van der Waals surface area contributed by atoms with Crippen molar-refractivity contribution in [3.8, 4) is 0 Å². The van der Waals surface area contributed by atoms with Crippen LogP contribution in [-0.4, -0.2) is 6.29 Å². The summed E-state index contributed by atoms with van der Waals surface area (Å²) in [7, 11) is 0. The minimum atomic E-state index is 0.0267. The molecule has 1 heteroatoms. The van der Waals surface area contributed by atoms with Crippen LogP contribution in [0.25, 0.3) is 0 Å². The van der Waals surface area contributed by atoms with Crippen LogP contribution < -0.4 is 0 Å². The molecule has 1 rings (SSSR count). The van der Waals surface area contributed by atoms with Crippen LogP contribution in [0.2, 0.25) is 0 Å². The zero-order chi connectivity index (χ0) is 9.03. The largest absolute Gasteiger partial charge is 0.303 e. The lowest BCUT2D eigenvalue weighted by Crippen LogP contribution is -2.17. The van der Waals surface area contributed by atoms with Gasteiger partial charge in [-0.15, -0.1) is 6.58 Å². The molecule has 0 N–H and O–H groups in total. The van der Waals surface area contributed by atoms with E-state index in [9.17, 15) is 4.79 Å². The molecule has 0 aromatic carbocycles. The Balaban J connectivity index is 2.44.